The second-order valence-electron chi connectivity index (χ2n) is 4.31. The molecule has 0 atom stereocenters. The molecular weight excluding hydrogens is 218 g/mol. The van der Waals surface area contributed by atoms with Crippen molar-refractivity contribution in [1.29, 1.82) is 0 Å². The van der Waals surface area contributed by atoms with Gasteiger partial charge in [-0.15, -0.1) is 0 Å². The number of ether oxygens (including phenoxy) is 1. The molecule has 0 amide bonds. The molecule has 0 rings (SSSR count). The van der Waals surface area contributed by atoms with Crippen LogP contribution >= 0.6 is 0 Å². The van der Waals surface area contributed by atoms with Gasteiger partial charge in [0.25, 0.3) is 0 Å². The van der Waals surface area contributed by atoms with Gasteiger partial charge in [0.05, 0.1) is 18.9 Å². The van der Waals surface area contributed by atoms with Crippen LogP contribution in [0.3, 0.4) is 0 Å². The molecule has 5 nitrogen and oxygen atoms in total. The number of carbonyl (C=O) groups is 1. The molecule has 0 heterocycles. The largest absolute Gasteiger partial charge is 0.384 e. The van der Waals surface area contributed by atoms with E-state index in [1.54, 1.807) is 20.8 Å². The fourth-order valence-corrected chi connectivity index (χ4v) is 1.59. The Bertz CT molecular complexity index is 303. The average molecular weight is 237 g/mol. The van der Waals surface area contributed by atoms with Crippen molar-refractivity contribution in [2.75, 3.05) is 26.0 Å². The molecule has 90 valence electrons. The van der Waals surface area contributed by atoms with Gasteiger partial charge in [0, 0.05) is 12.5 Å². The molecule has 0 aliphatic carbocycles. The van der Waals surface area contributed by atoms with Gasteiger partial charge in [-0.05, 0) is 0 Å². The van der Waals surface area contributed by atoms with Crippen LogP contribution in [0.2, 0.25) is 0 Å². The molecule has 0 spiro atoms. The van der Waals surface area contributed by atoms with Crippen molar-refractivity contribution in [2.45, 2.75) is 20.8 Å². The highest BCUT2D eigenvalue weighted by Crippen LogP contribution is 2.13. The summed E-state index contributed by atoms with van der Waals surface area (Å²) in [4.78, 5) is 11.4. The van der Waals surface area contributed by atoms with Crippen molar-refractivity contribution in [1.82, 2.24) is 4.72 Å². The maximum absolute atomic E-state index is 11.4. The minimum atomic E-state index is -3.39. The van der Waals surface area contributed by atoms with Gasteiger partial charge >= 0.3 is 0 Å². The average Bonchev–Trinajstić information content (AvgIpc) is 2.09. The Balaban J connectivity index is 4.11. The van der Waals surface area contributed by atoms with E-state index in [4.69, 9.17) is 0 Å². The second-order valence-corrected chi connectivity index (χ2v) is 6.23. The number of ketones is 1. The van der Waals surface area contributed by atoms with Gasteiger partial charge in [0.15, 0.2) is 5.78 Å². The molecule has 0 radical (unpaired) electrons. The van der Waals surface area contributed by atoms with Crippen LogP contribution in [0.5, 0.6) is 0 Å². The molecule has 0 aliphatic rings. The summed E-state index contributed by atoms with van der Waals surface area (Å²) in [7, 11) is -1.97. The molecule has 15 heavy (non-hydrogen) atoms. The van der Waals surface area contributed by atoms with Gasteiger partial charge < -0.3 is 4.74 Å². The third kappa shape index (κ3) is 6.59. The first-order valence-electron chi connectivity index (χ1n) is 4.68. The number of nitrogens with one attached hydrogen (secondary N) is 1. The lowest BCUT2D eigenvalue weighted by molar-refractivity contribution is -0.125. The summed E-state index contributed by atoms with van der Waals surface area (Å²) in [6.07, 6.45) is 0. The van der Waals surface area contributed by atoms with Crippen LogP contribution in [-0.2, 0) is 19.6 Å². The first-order valence-corrected chi connectivity index (χ1v) is 6.34. The molecule has 0 saturated carbocycles. The number of Topliss-reactive ketones (excluding diaryl/α,β-unsaturated/α-hetero) is 1. The molecule has 0 bridgehead atoms. The van der Waals surface area contributed by atoms with Crippen LogP contribution in [0.15, 0.2) is 0 Å². The number of methoxy groups -OCH3 is 1. The Morgan fingerprint density at radius 2 is 1.87 bits per heavy atom. The zero-order valence-corrected chi connectivity index (χ0v) is 10.5. The van der Waals surface area contributed by atoms with Crippen LogP contribution < -0.4 is 4.72 Å². The van der Waals surface area contributed by atoms with E-state index in [-0.39, 0.29) is 24.7 Å². The van der Waals surface area contributed by atoms with Crippen molar-refractivity contribution < 1.29 is 17.9 Å². The van der Waals surface area contributed by atoms with Crippen LogP contribution in [0.1, 0.15) is 20.8 Å². The molecule has 0 fully saturated rings. The molecule has 0 aliphatic heterocycles. The predicted molar refractivity (Wildman–Crippen MR) is 58.1 cm³/mol. The molecular formula is C9H19NO4S. The van der Waals surface area contributed by atoms with Crippen molar-refractivity contribution in [3.05, 3.63) is 0 Å². The minimum Gasteiger partial charge on any atom is -0.384 e. The SMILES string of the molecule is COCCS(=O)(=O)NCC(=O)C(C)(C)C. The van der Waals surface area contributed by atoms with Gasteiger partial charge in [-0.3, -0.25) is 4.79 Å². The maximum atomic E-state index is 11.4. The zero-order chi connectivity index (χ0) is 12.1. The minimum absolute atomic E-state index is 0.124. The van der Waals surface area contributed by atoms with E-state index < -0.39 is 15.4 Å². The van der Waals surface area contributed by atoms with Crippen molar-refractivity contribution in [2.24, 2.45) is 5.41 Å². The Kier molecular flexibility index (Phi) is 5.41. The topological polar surface area (TPSA) is 72.5 Å². The van der Waals surface area contributed by atoms with E-state index in [1.807, 2.05) is 0 Å². The third-order valence-electron chi connectivity index (χ3n) is 1.85. The fraction of sp³-hybridized carbons (Fsp3) is 0.889. The zero-order valence-electron chi connectivity index (χ0n) is 9.66. The lowest BCUT2D eigenvalue weighted by atomic mass is 9.91. The van der Waals surface area contributed by atoms with Crippen LogP contribution in [0.4, 0.5) is 0 Å². The van der Waals surface area contributed by atoms with Crippen LogP contribution in [0, 0.1) is 5.41 Å². The highest BCUT2D eigenvalue weighted by Gasteiger charge is 2.22. The van der Waals surface area contributed by atoms with Crippen molar-refractivity contribution >= 4 is 15.8 Å². The lowest BCUT2D eigenvalue weighted by Crippen LogP contribution is -2.37. The quantitative estimate of drug-likeness (QED) is 0.714. The summed E-state index contributed by atoms with van der Waals surface area (Å²) in [5.74, 6) is -0.260. The molecule has 0 aromatic carbocycles. The van der Waals surface area contributed by atoms with Crippen molar-refractivity contribution in [3.63, 3.8) is 0 Å². The molecule has 0 aromatic heterocycles. The highest BCUT2D eigenvalue weighted by atomic mass is 32.2. The highest BCUT2D eigenvalue weighted by molar-refractivity contribution is 7.89. The number of rotatable bonds is 6. The van der Waals surface area contributed by atoms with Gasteiger partial charge in [0.1, 0.15) is 0 Å². The number of hydrogen-bond acceptors (Lipinski definition) is 4. The third-order valence-corrected chi connectivity index (χ3v) is 3.13. The Morgan fingerprint density at radius 3 is 2.27 bits per heavy atom. The van der Waals surface area contributed by atoms with Gasteiger partial charge in [-0.1, -0.05) is 20.8 Å². The predicted octanol–water partition coefficient (Wildman–Crippen LogP) is 0.167. The van der Waals surface area contributed by atoms with E-state index >= 15 is 0 Å². The Labute approximate surface area is 91.2 Å². The normalized spacial score (nSPS) is 12.8. The smallest absolute Gasteiger partial charge is 0.214 e. The number of sulfonamides is 1. The second kappa shape index (κ2) is 5.58. The fourth-order valence-electron chi connectivity index (χ4n) is 0.706. The van der Waals surface area contributed by atoms with E-state index in [0.717, 1.165) is 0 Å². The van der Waals surface area contributed by atoms with Crippen molar-refractivity contribution in [3.8, 4) is 0 Å². The van der Waals surface area contributed by atoms with E-state index in [0.29, 0.717) is 0 Å². The molecule has 0 aromatic rings. The summed E-state index contributed by atoms with van der Waals surface area (Å²) in [5, 5.41) is 0. The Morgan fingerprint density at radius 1 is 1.33 bits per heavy atom. The monoisotopic (exact) mass is 237 g/mol. The standard InChI is InChI=1S/C9H19NO4S/c1-9(2,3)8(11)7-10-15(12,13)6-5-14-4/h10H,5-7H2,1-4H3. The summed E-state index contributed by atoms with van der Waals surface area (Å²) in [6, 6.07) is 0. The summed E-state index contributed by atoms with van der Waals surface area (Å²) < 4.78 is 29.4. The summed E-state index contributed by atoms with van der Waals surface area (Å²) >= 11 is 0. The molecule has 1 N–H and O–H groups in total. The van der Waals surface area contributed by atoms with Crippen LogP contribution in [-0.4, -0.2) is 40.2 Å². The molecule has 0 saturated heterocycles. The molecule has 6 heteroatoms. The number of hydrogen-bond donors (Lipinski definition) is 1. The molecule has 0 unspecified atom stereocenters. The van der Waals surface area contributed by atoms with Gasteiger partial charge in [-0.2, -0.15) is 0 Å². The maximum Gasteiger partial charge on any atom is 0.214 e. The first-order chi connectivity index (χ1) is 6.69. The van der Waals surface area contributed by atoms with Gasteiger partial charge in [-0.25, -0.2) is 13.1 Å². The summed E-state index contributed by atoms with van der Waals surface area (Å²) in [6.45, 7) is 5.21. The summed E-state index contributed by atoms with van der Waals surface area (Å²) in [5.41, 5.74) is -0.524. The Hall–Kier alpha value is -0.460. The van der Waals surface area contributed by atoms with E-state index in [1.165, 1.54) is 7.11 Å². The number of carbonyl (C=O) groups excluding carboxylic acids is 1. The van der Waals surface area contributed by atoms with E-state index in [9.17, 15) is 13.2 Å². The van der Waals surface area contributed by atoms with Gasteiger partial charge in [0.2, 0.25) is 10.0 Å². The van der Waals surface area contributed by atoms with Crippen LogP contribution in [0.25, 0.3) is 0 Å². The van der Waals surface area contributed by atoms with E-state index in [2.05, 4.69) is 9.46 Å². The lowest BCUT2D eigenvalue weighted by Gasteiger charge is -2.16. The first kappa shape index (κ1) is 14.5.